The molecule has 47 heavy (non-hydrogen) atoms. The summed E-state index contributed by atoms with van der Waals surface area (Å²) >= 11 is 0. The second-order valence-electron chi connectivity index (χ2n) is 10.4. The SMILES string of the molecule is CC1CN(c2nc(Nc3cc(S(=O)(=O)O)cc4cc(S(O)(O)O)c(N=Nc5ccccc5S(=O)(=O)O)c(O)c34)[nH]c(=O)n2)CC(C)O1. The number of nitrogens with one attached hydrogen (secondary N) is 2. The number of hydrogen-bond donors (Lipinski definition) is 8. The van der Waals surface area contributed by atoms with Crippen LogP contribution >= 0.6 is 10.9 Å². The fourth-order valence-electron chi connectivity index (χ4n) is 4.92. The van der Waals surface area contributed by atoms with Gasteiger partial charge >= 0.3 is 5.69 Å². The Bertz CT molecular complexity index is 2180. The Morgan fingerprint density at radius 2 is 1.57 bits per heavy atom. The van der Waals surface area contributed by atoms with E-state index in [0.29, 0.717) is 13.1 Å². The summed E-state index contributed by atoms with van der Waals surface area (Å²) in [6.07, 6.45) is -0.453. The minimum atomic E-state index is -4.94. The number of phenols is 1. The molecule has 8 N–H and O–H groups in total. The molecule has 5 rings (SSSR count). The van der Waals surface area contributed by atoms with E-state index in [4.69, 9.17) is 4.74 Å². The van der Waals surface area contributed by atoms with Crippen LogP contribution in [0.25, 0.3) is 10.8 Å². The number of anilines is 3. The summed E-state index contributed by atoms with van der Waals surface area (Å²) in [6.45, 7) is 4.30. The van der Waals surface area contributed by atoms with E-state index in [2.05, 4.69) is 30.5 Å². The zero-order valence-electron chi connectivity index (χ0n) is 24.2. The molecule has 3 aromatic carbocycles. The molecule has 0 saturated carbocycles. The lowest BCUT2D eigenvalue weighted by molar-refractivity contribution is -0.00574. The first-order valence-corrected chi connectivity index (χ1v) is 17.7. The first kappa shape index (κ1) is 34.1. The van der Waals surface area contributed by atoms with Crippen LogP contribution in [-0.2, 0) is 25.0 Å². The summed E-state index contributed by atoms with van der Waals surface area (Å²) < 4.78 is 104. The molecule has 0 bridgehead atoms. The van der Waals surface area contributed by atoms with Crippen LogP contribution in [0.2, 0.25) is 0 Å². The van der Waals surface area contributed by atoms with Crippen LogP contribution in [0, 0.1) is 0 Å². The summed E-state index contributed by atoms with van der Waals surface area (Å²) in [5, 5.41) is 20.9. The van der Waals surface area contributed by atoms with Crippen LogP contribution in [0.4, 0.5) is 29.0 Å². The quantitative estimate of drug-likeness (QED) is 0.0949. The minimum absolute atomic E-state index is 0.0128. The molecule has 252 valence electrons. The molecule has 2 unspecified atom stereocenters. The Morgan fingerprint density at radius 1 is 0.915 bits per heavy atom. The number of benzene rings is 3. The van der Waals surface area contributed by atoms with E-state index < -0.39 is 68.6 Å². The predicted octanol–water partition coefficient (Wildman–Crippen LogP) is 3.87. The average molecular weight is 714 g/mol. The lowest BCUT2D eigenvalue weighted by Crippen LogP contribution is -2.46. The molecule has 4 aromatic rings. The van der Waals surface area contributed by atoms with Gasteiger partial charge in [0.05, 0.1) is 27.7 Å². The first-order valence-electron chi connectivity index (χ1n) is 13.3. The van der Waals surface area contributed by atoms with Crippen LogP contribution < -0.4 is 15.9 Å². The van der Waals surface area contributed by atoms with Crippen molar-refractivity contribution >= 4 is 70.8 Å². The Morgan fingerprint density at radius 3 is 2.19 bits per heavy atom. The van der Waals surface area contributed by atoms with Crippen molar-refractivity contribution in [2.45, 2.75) is 40.7 Å². The van der Waals surface area contributed by atoms with Gasteiger partial charge in [-0.05, 0) is 49.6 Å². The number of nitrogens with zero attached hydrogens (tertiary/aromatic N) is 5. The van der Waals surface area contributed by atoms with Crippen molar-refractivity contribution in [1.29, 1.82) is 0 Å². The van der Waals surface area contributed by atoms with E-state index in [0.717, 1.165) is 30.3 Å². The highest BCUT2D eigenvalue weighted by Gasteiger charge is 2.29. The molecular formula is C25H27N7O12S3. The van der Waals surface area contributed by atoms with Gasteiger partial charge in [-0.3, -0.25) is 14.1 Å². The highest BCUT2D eigenvalue weighted by atomic mass is 32.3. The zero-order chi connectivity index (χ0) is 34.5. The number of aromatic amines is 1. The van der Waals surface area contributed by atoms with Crippen molar-refractivity contribution in [3.8, 4) is 5.75 Å². The normalized spacial score (nSPS) is 18.1. The van der Waals surface area contributed by atoms with Crippen LogP contribution in [0.5, 0.6) is 5.75 Å². The van der Waals surface area contributed by atoms with Gasteiger partial charge in [-0.1, -0.05) is 12.1 Å². The second kappa shape index (κ2) is 12.4. The molecule has 2 atom stereocenters. The molecule has 22 heteroatoms. The van der Waals surface area contributed by atoms with Crippen molar-refractivity contribution in [1.82, 2.24) is 15.0 Å². The fourth-order valence-corrected chi connectivity index (χ4v) is 6.77. The molecule has 0 amide bonds. The molecule has 0 radical (unpaired) electrons. The van der Waals surface area contributed by atoms with Gasteiger partial charge in [-0.25, -0.2) is 4.79 Å². The minimum Gasteiger partial charge on any atom is -0.505 e. The van der Waals surface area contributed by atoms with Gasteiger partial charge in [0.25, 0.3) is 20.2 Å². The third-order valence-electron chi connectivity index (χ3n) is 6.71. The second-order valence-corrected chi connectivity index (χ2v) is 14.7. The third-order valence-corrected chi connectivity index (χ3v) is 9.35. The van der Waals surface area contributed by atoms with Gasteiger partial charge in [-0.15, -0.1) is 10.2 Å². The molecule has 1 aromatic heterocycles. The smallest absolute Gasteiger partial charge is 0.351 e. The maximum absolute atomic E-state index is 12.5. The molecule has 1 fully saturated rings. The summed E-state index contributed by atoms with van der Waals surface area (Å²) in [5.74, 6) is -1.25. The number of azo groups is 1. The van der Waals surface area contributed by atoms with E-state index in [1.807, 2.05) is 13.8 Å². The number of fused-ring (bicyclic) bond motifs is 1. The Labute approximate surface area is 267 Å². The zero-order valence-corrected chi connectivity index (χ0v) is 26.7. The average Bonchev–Trinajstić information content (AvgIpc) is 2.94. The highest BCUT2D eigenvalue weighted by Crippen LogP contribution is 2.55. The van der Waals surface area contributed by atoms with Crippen molar-refractivity contribution in [3.63, 3.8) is 0 Å². The van der Waals surface area contributed by atoms with Gasteiger partial charge in [0.1, 0.15) is 27.1 Å². The molecule has 1 aliphatic heterocycles. The summed E-state index contributed by atoms with van der Waals surface area (Å²) in [6, 6.07) is 7.28. The fraction of sp³-hybridized carbons (Fsp3) is 0.240. The third kappa shape index (κ3) is 7.50. The standard InChI is InChI=1S/C25H27N7O12S3/c1-12-10-32(11-13(2)44-12)24-27-23(28-25(34)29-24)26-17-9-15(45(35,36)37)7-14-8-19(47(41,42)43)21(22(33)20(14)17)31-30-16-5-3-4-6-18(16)46(38,39)40/h3-9,12-13,33,41-43H,10-11H2,1-2H3,(H,35,36,37)(H,38,39,40)(H2,26,27,28,29,34). The Hall–Kier alpha value is -4.26. The van der Waals surface area contributed by atoms with Gasteiger partial charge < -0.3 is 33.7 Å². The highest BCUT2D eigenvalue weighted by molar-refractivity contribution is 8.19. The van der Waals surface area contributed by atoms with Crippen molar-refractivity contribution in [2.24, 2.45) is 10.2 Å². The monoisotopic (exact) mass is 713 g/mol. The molecule has 2 heterocycles. The van der Waals surface area contributed by atoms with Gasteiger partial charge in [0.15, 0.2) is 5.75 Å². The number of H-pyrrole nitrogens is 1. The van der Waals surface area contributed by atoms with E-state index in [1.165, 1.54) is 12.1 Å². The number of morpholine rings is 1. The van der Waals surface area contributed by atoms with Crippen LogP contribution in [0.3, 0.4) is 0 Å². The topological polar surface area (TPSA) is 298 Å². The number of aromatic nitrogens is 3. The van der Waals surface area contributed by atoms with Crippen molar-refractivity contribution < 1.29 is 49.4 Å². The Balaban J connectivity index is 1.72. The van der Waals surface area contributed by atoms with E-state index in [-0.39, 0.29) is 40.6 Å². The van der Waals surface area contributed by atoms with Crippen molar-refractivity contribution in [3.05, 3.63) is 52.9 Å². The largest absolute Gasteiger partial charge is 0.505 e. The molecular weight excluding hydrogens is 687 g/mol. The number of aromatic hydroxyl groups is 1. The summed E-state index contributed by atoms with van der Waals surface area (Å²) in [4.78, 5) is 22.4. The van der Waals surface area contributed by atoms with E-state index in [9.17, 15) is 49.5 Å². The number of ether oxygens (including phenoxy) is 1. The number of phenolic OH excluding ortho intramolecular Hbond substituents is 1. The van der Waals surface area contributed by atoms with Gasteiger partial charge in [0.2, 0.25) is 11.9 Å². The lowest BCUT2D eigenvalue weighted by atomic mass is 10.1. The van der Waals surface area contributed by atoms with Gasteiger partial charge in [0, 0.05) is 18.5 Å². The summed E-state index contributed by atoms with van der Waals surface area (Å²) in [7, 11) is -14.5. The molecule has 0 spiro atoms. The first-order chi connectivity index (χ1) is 21.8. The maximum atomic E-state index is 12.5. The van der Waals surface area contributed by atoms with E-state index in [1.54, 1.807) is 4.90 Å². The number of hydrogen-bond acceptors (Lipinski definition) is 16. The van der Waals surface area contributed by atoms with Gasteiger partial charge in [-0.2, -0.15) is 26.8 Å². The summed E-state index contributed by atoms with van der Waals surface area (Å²) in [5.41, 5.74) is -2.42. The Kier molecular flexibility index (Phi) is 8.99. The molecule has 19 nitrogen and oxygen atoms in total. The van der Waals surface area contributed by atoms with Crippen molar-refractivity contribution in [2.75, 3.05) is 23.3 Å². The maximum Gasteiger partial charge on any atom is 0.351 e. The molecule has 0 aliphatic carbocycles. The van der Waals surface area contributed by atoms with E-state index >= 15 is 0 Å². The number of rotatable bonds is 8. The molecule has 1 aliphatic rings. The van der Waals surface area contributed by atoms with Crippen LogP contribution in [-0.4, -0.2) is 85.0 Å². The van der Waals surface area contributed by atoms with Crippen LogP contribution in [0.1, 0.15) is 13.8 Å². The molecule has 1 saturated heterocycles. The predicted molar refractivity (Wildman–Crippen MR) is 168 cm³/mol. The lowest BCUT2D eigenvalue weighted by Gasteiger charge is -2.35. The van der Waals surface area contributed by atoms with Crippen LogP contribution in [0.15, 0.2) is 72.2 Å².